The van der Waals surface area contributed by atoms with Gasteiger partial charge in [-0.2, -0.15) is 0 Å². The molecule has 0 saturated carbocycles. The van der Waals surface area contributed by atoms with Gasteiger partial charge in [0.25, 0.3) is 0 Å². The second-order valence-corrected chi connectivity index (χ2v) is 18.0. The number of rotatable bonds is 45. The molecule has 0 aliphatic rings. The molecule has 0 bridgehead atoms. The first-order chi connectivity index (χ1) is 29.6. The number of carboxylic acid groups (broad SMARTS) is 1. The van der Waals surface area contributed by atoms with Gasteiger partial charge in [-0.05, 0) is 77.0 Å². The van der Waals surface area contributed by atoms with E-state index in [9.17, 15) is 19.5 Å². The smallest absolute Gasteiger partial charge is 0.306 e. The Morgan fingerprint density at radius 2 is 0.869 bits per heavy atom. The second kappa shape index (κ2) is 43.9. The third-order valence-electron chi connectivity index (χ3n) is 11.2. The monoisotopic (exact) mass is 858 g/mol. The summed E-state index contributed by atoms with van der Waals surface area (Å²) in [6.45, 7) is 4.63. The first-order valence-corrected chi connectivity index (χ1v) is 25.2. The van der Waals surface area contributed by atoms with E-state index in [1.54, 1.807) is 21.1 Å². The summed E-state index contributed by atoms with van der Waals surface area (Å²) in [6.07, 6.45) is 52.7. The number of carbonyl (C=O) groups is 3. The van der Waals surface area contributed by atoms with Crippen LogP contribution in [0.1, 0.15) is 219 Å². The van der Waals surface area contributed by atoms with Crippen LogP contribution in [0.5, 0.6) is 0 Å². The number of carboxylic acids is 1. The summed E-state index contributed by atoms with van der Waals surface area (Å²) in [6, 6.07) is -0.728. The minimum atomic E-state index is -1.13. The molecular weight excluding hydrogens is 763 g/mol. The van der Waals surface area contributed by atoms with Crippen LogP contribution < -0.4 is 5.11 Å². The molecule has 0 rings (SSSR count). The molecule has 0 radical (unpaired) electrons. The number of carbonyl (C=O) groups excluding carboxylic acids is 3. The lowest BCUT2D eigenvalue weighted by Crippen LogP contribution is -2.55. The summed E-state index contributed by atoms with van der Waals surface area (Å²) in [5, 5.41) is 11.7. The molecule has 0 aromatic heterocycles. The highest BCUT2D eigenvalue weighted by molar-refractivity contribution is 5.70. The number of unbranched alkanes of at least 4 members (excludes halogenated alkanes) is 23. The summed E-state index contributed by atoms with van der Waals surface area (Å²) < 4.78 is 17.2. The highest BCUT2D eigenvalue weighted by Crippen LogP contribution is 2.15. The van der Waals surface area contributed by atoms with Crippen molar-refractivity contribution < 1.29 is 38.2 Å². The van der Waals surface area contributed by atoms with Crippen LogP contribution in [0.15, 0.2) is 48.6 Å². The van der Waals surface area contributed by atoms with Crippen LogP contribution in [0.4, 0.5) is 0 Å². The molecule has 8 heteroatoms. The quantitative estimate of drug-likeness (QED) is 0.0260. The zero-order valence-corrected chi connectivity index (χ0v) is 40.3. The van der Waals surface area contributed by atoms with Gasteiger partial charge in [0, 0.05) is 19.3 Å². The van der Waals surface area contributed by atoms with E-state index in [1.807, 2.05) is 0 Å². The van der Waals surface area contributed by atoms with Crippen molar-refractivity contribution in [3.05, 3.63) is 48.6 Å². The second-order valence-electron chi connectivity index (χ2n) is 18.0. The molecule has 0 aromatic carbocycles. The number of esters is 2. The van der Waals surface area contributed by atoms with Crippen LogP contribution in [-0.4, -0.2) is 75.5 Å². The molecule has 0 heterocycles. The van der Waals surface area contributed by atoms with Crippen LogP contribution in [-0.2, 0) is 28.6 Å². The number of allylic oxidation sites excluding steroid dienone is 8. The van der Waals surface area contributed by atoms with E-state index in [0.29, 0.717) is 12.8 Å². The van der Waals surface area contributed by atoms with Crippen molar-refractivity contribution in [2.45, 2.75) is 231 Å². The Balaban J connectivity index is 4.24. The maximum Gasteiger partial charge on any atom is 0.306 e. The molecule has 2 unspecified atom stereocenters. The normalized spacial score (nSPS) is 13.3. The van der Waals surface area contributed by atoms with Crippen molar-refractivity contribution in [1.29, 1.82) is 0 Å². The van der Waals surface area contributed by atoms with Crippen molar-refractivity contribution >= 4 is 17.9 Å². The molecule has 354 valence electrons. The van der Waals surface area contributed by atoms with E-state index in [1.165, 1.54) is 128 Å². The minimum absolute atomic E-state index is 0.0375. The van der Waals surface area contributed by atoms with E-state index in [4.69, 9.17) is 14.2 Å². The summed E-state index contributed by atoms with van der Waals surface area (Å²) >= 11 is 0. The van der Waals surface area contributed by atoms with Crippen LogP contribution >= 0.6 is 0 Å². The van der Waals surface area contributed by atoms with E-state index < -0.39 is 18.1 Å². The largest absolute Gasteiger partial charge is 0.544 e. The number of hydrogen-bond acceptors (Lipinski definition) is 7. The molecule has 61 heavy (non-hydrogen) atoms. The van der Waals surface area contributed by atoms with Gasteiger partial charge in [0.15, 0.2) is 6.10 Å². The maximum atomic E-state index is 12.8. The van der Waals surface area contributed by atoms with E-state index in [2.05, 4.69) is 62.5 Å². The number of hydrogen-bond donors (Lipinski definition) is 0. The lowest BCUT2D eigenvalue weighted by atomic mass is 10.1. The van der Waals surface area contributed by atoms with Gasteiger partial charge in [-0.3, -0.25) is 9.59 Å². The topological polar surface area (TPSA) is 102 Å². The fourth-order valence-electron chi connectivity index (χ4n) is 7.25. The minimum Gasteiger partial charge on any atom is -0.544 e. The van der Waals surface area contributed by atoms with Gasteiger partial charge in [-0.15, -0.1) is 0 Å². The van der Waals surface area contributed by atoms with Gasteiger partial charge in [-0.1, -0.05) is 172 Å². The number of aliphatic carboxylic acids is 1. The third-order valence-corrected chi connectivity index (χ3v) is 11.2. The lowest BCUT2D eigenvalue weighted by molar-refractivity contribution is -0.889. The molecular formula is C53H95NO7. The average molecular weight is 858 g/mol. The number of ether oxygens (including phenoxy) is 3. The van der Waals surface area contributed by atoms with Crippen molar-refractivity contribution in [3.63, 3.8) is 0 Å². The SMILES string of the molecule is CCCCC/C=C/C/C=C/C/C=C/CCCCCCCCCCCC(=O)OCC(COCCC(C(=O)[O-])[N+](C)(C)C)OC(=O)CCCCCCCCC/C=C/CCCCCC. The maximum absolute atomic E-state index is 12.8. The van der Waals surface area contributed by atoms with Crippen LogP contribution in [0.2, 0.25) is 0 Å². The average Bonchev–Trinajstić information content (AvgIpc) is 3.22. The van der Waals surface area contributed by atoms with Crippen molar-refractivity contribution in [2.24, 2.45) is 0 Å². The van der Waals surface area contributed by atoms with Gasteiger partial charge < -0.3 is 28.6 Å². The molecule has 8 nitrogen and oxygen atoms in total. The standard InChI is InChI=1S/C53H95NO7/c1-6-8-10-12-14-16-18-20-22-23-24-25-26-27-28-30-31-33-35-37-39-41-43-51(55)60-48-49(47-59-46-45-50(53(57)58)54(3,4)5)61-52(56)44-42-40-38-36-34-32-29-21-19-17-15-13-11-9-7-2/h14,16-17,19-20,22,24-25,49-50H,6-13,15,18,21,23,26-48H2,1-5H3/b16-14+,19-17+,22-20+,25-24+. The lowest BCUT2D eigenvalue weighted by Gasteiger charge is -2.34. The summed E-state index contributed by atoms with van der Waals surface area (Å²) in [7, 11) is 5.41. The van der Waals surface area contributed by atoms with Gasteiger partial charge >= 0.3 is 11.9 Å². The Morgan fingerprint density at radius 3 is 1.33 bits per heavy atom. The predicted molar refractivity (Wildman–Crippen MR) is 254 cm³/mol. The fraction of sp³-hybridized carbons (Fsp3) is 0.792. The molecule has 0 aromatic rings. The van der Waals surface area contributed by atoms with Crippen molar-refractivity contribution in [1.82, 2.24) is 0 Å². The Hall–Kier alpha value is -2.71. The Kier molecular flexibility index (Phi) is 42.0. The van der Waals surface area contributed by atoms with E-state index >= 15 is 0 Å². The predicted octanol–water partition coefficient (Wildman–Crippen LogP) is 13.0. The van der Waals surface area contributed by atoms with Gasteiger partial charge in [0.2, 0.25) is 0 Å². The van der Waals surface area contributed by atoms with E-state index in [-0.39, 0.29) is 42.7 Å². The first-order valence-electron chi connectivity index (χ1n) is 25.2. The number of likely N-dealkylation sites (N-methyl/N-ethyl adjacent to an activating group) is 1. The number of quaternary nitrogens is 1. The van der Waals surface area contributed by atoms with Gasteiger partial charge in [-0.25, -0.2) is 0 Å². The summed E-state index contributed by atoms with van der Waals surface area (Å²) in [5.41, 5.74) is 0. The first kappa shape index (κ1) is 58.3. The van der Waals surface area contributed by atoms with Crippen molar-refractivity contribution in [2.75, 3.05) is 41.0 Å². The molecule has 0 spiro atoms. The molecule has 0 aliphatic carbocycles. The van der Waals surface area contributed by atoms with Crippen LogP contribution in [0.3, 0.4) is 0 Å². The van der Waals surface area contributed by atoms with Gasteiger partial charge in [0.1, 0.15) is 12.6 Å². The molecule has 2 atom stereocenters. The third kappa shape index (κ3) is 42.4. The Morgan fingerprint density at radius 1 is 0.492 bits per heavy atom. The van der Waals surface area contributed by atoms with Crippen LogP contribution in [0.25, 0.3) is 0 Å². The van der Waals surface area contributed by atoms with E-state index in [0.717, 1.165) is 57.8 Å². The molecule has 0 aliphatic heterocycles. The zero-order valence-electron chi connectivity index (χ0n) is 40.3. The van der Waals surface area contributed by atoms with Crippen LogP contribution in [0, 0.1) is 0 Å². The highest BCUT2D eigenvalue weighted by atomic mass is 16.6. The summed E-state index contributed by atoms with van der Waals surface area (Å²) in [4.78, 5) is 37.0. The molecule has 0 N–H and O–H groups in total. The molecule has 0 saturated heterocycles. The molecule has 0 fully saturated rings. The fourth-order valence-corrected chi connectivity index (χ4v) is 7.25. The number of nitrogens with zero attached hydrogens (tertiary/aromatic N) is 1. The molecule has 0 amide bonds. The Bertz CT molecular complexity index is 1140. The Labute approximate surface area is 376 Å². The summed E-state index contributed by atoms with van der Waals surface area (Å²) in [5.74, 6) is -1.74. The van der Waals surface area contributed by atoms with Gasteiger partial charge in [0.05, 0.1) is 40.3 Å². The van der Waals surface area contributed by atoms with Crippen molar-refractivity contribution in [3.8, 4) is 0 Å². The zero-order chi connectivity index (χ0) is 44.9. The highest BCUT2D eigenvalue weighted by Gasteiger charge is 2.25.